The van der Waals surface area contributed by atoms with Crippen LogP contribution in [0.1, 0.15) is 43.4 Å². The van der Waals surface area contributed by atoms with Crippen molar-refractivity contribution in [1.82, 2.24) is 10.2 Å². The summed E-state index contributed by atoms with van der Waals surface area (Å²) in [5, 5.41) is 3.74. The average molecular weight is 274 g/mol. The van der Waals surface area contributed by atoms with E-state index in [0.29, 0.717) is 6.04 Å². The predicted octanol–water partition coefficient (Wildman–Crippen LogP) is 3.51. The topological polar surface area (TPSA) is 15.3 Å². The molecule has 0 aliphatic carbocycles. The standard InChI is InChI=1S/C18H30N2/c1-5-14(2)18-13-20(11-7-10-19-18)12-17-15(3)8-6-9-16(17)4/h6,8-9,14,18-19H,5,7,10-13H2,1-4H3. The van der Waals surface area contributed by atoms with Gasteiger partial charge in [-0.25, -0.2) is 0 Å². The molecule has 20 heavy (non-hydrogen) atoms. The van der Waals surface area contributed by atoms with E-state index in [2.05, 4.69) is 56.1 Å². The minimum Gasteiger partial charge on any atom is -0.312 e. The molecule has 2 atom stereocenters. The Balaban J connectivity index is 2.07. The fourth-order valence-corrected chi connectivity index (χ4v) is 3.16. The number of hydrogen-bond donors (Lipinski definition) is 1. The van der Waals surface area contributed by atoms with Crippen molar-refractivity contribution in [1.29, 1.82) is 0 Å². The molecule has 1 aliphatic heterocycles. The SMILES string of the molecule is CCC(C)C1CN(Cc2c(C)cccc2C)CCCN1. The smallest absolute Gasteiger partial charge is 0.0239 e. The van der Waals surface area contributed by atoms with Crippen LogP contribution in [0.3, 0.4) is 0 Å². The van der Waals surface area contributed by atoms with Crippen LogP contribution in [0.15, 0.2) is 18.2 Å². The van der Waals surface area contributed by atoms with Crippen molar-refractivity contribution in [2.75, 3.05) is 19.6 Å². The molecule has 1 saturated heterocycles. The number of benzene rings is 1. The molecule has 1 aromatic carbocycles. The molecule has 0 spiro atoms. The van der Waals surface area contributed by atoms with Gasteiger partial charge in [-0.1, -0.05) is 38.5 Å². The maximum atomic E-state index is 3.74. The quantitative estimate of drug-likeness (QED) is 0.904. The molecule has 1 fully saturated rings. The summed E-state index contributed by atoms with van der Waals surface area (Å²) in [4.78, 5) is 2.64. The van der Waals surface area contributed by atoms with Crippen LogP contribution in [-0.4, -0.2) is 30.6 Å². The van der Waals surface area contributed by atoms with E-state index in [4.69, 9.17) is 0 Å². The first-order valence-corrected chi connectivity index (χ1v) is 8.12. The second-order valence-corrected chi connectivity index (χ2v) is 6.41. The van der Waals surface area contributed by atoms with Gasteiger partial charge in [-0.2, -0.15) is 0 Å². The number of aryl methyl sites for hydroxylation is 2. The number of nitrogens with zero attached hydrogens (tertiary/aromatic N) is 1. The van der Waals surface area contributed by atoms with Crippen molar-refractivity contribution < 1.29 is 0 Å². The Hall–Kier alpha value is -0.860. The van der Waals surface area contributed by atoms with E-state index in [1.54, 1.807) is 0 Å². The molecule has 0 aromatic heterocycles. The summed E-state index contributed by atoms with van der Waals surface area (Å²) in [7, 11) is 0. The van der Waals surface area contributed by atoms with Crippen LogP contribution in [0.25, 0.3) is 0 Å². The van der Waals surface area contributed by atoms with Gasteiger partial charge in [0.2, 0.25) is 0 Å². The Kier molecular flexibility index (Phi) is 5.62. The van der Waals surface area contributed by atoms with Gasteiger partial charge in [-0.15, -0.1) is 0 Å². The third-order valence-corrected chi connectivity index (χ3v) is 4.87. The van der Waals surface area contributed by atoms with Crippen molar-refractivity contribution >= 4 is 0 Å². The summed E-state index contributed by atoms with van der Waals surface area (Å²) in [6, 6.07) is 7.29. The summed E-state index contributed by atoms with van der Waals surface area (Å²) in [5.41, 5.74) is 4.39. The maximum absolute atomic E-state index is 3.74. The Morgan fingerprint density at radius 1 is 1.30 bits per heavy atom. The van der Waals surface area contributed by atoms with E-state index in [0.717, 1.165) is 19.0 Å². The number of nitrogens with one attached hydrogen (secondary N) is 1. The zero-order valence-electron chi connectivity index (χ0n) is 13.6. The molecule has 1 aromatic rings. The second kappa shape index (κ2) is 7.24. The van der Waals surface area contributed by atoms with Crippen LogP contribution in [0.5, 0.6) is 0 Å². The lowest BCUT2D eigenvalue weighted by atomic mass is 9.98. The van der Waals surface area contributed by atoms with Crippen LogP contribution in [0.2, 0.25) is 0 Å². The van der Waals surface area contributed by atoms with E-state index in [1.165, 1.54) is 42.6 Å². The number of rotatable bonds is 4. The van der Waals surface area contributed by atoms with Gasteiger partial charge in [0.15, 0.2) is 0 Å². The van der Waals surface area contributed by atoms with E-state index in [9.17, 15) is 0 Å². The molecule has 2 nitrogen and oxygen atoms in total. The Morgan fingerprint density at radius 2 is 2.00 bits per heavy atom. The maximum Gasteiger partial charge on any atom is 0.0239 e. The molecular weight excluding hydrogens is 244 g/mol. The van der Waals surface area contributed by atoms with Gasteiger partial charge in [-0.05, 0) is 56.0 Å². The first-order chi connectivity index (χ1) is 9.61. The van der Waals surface area contributed by atoms with Gasteiger partial charge in [-0.3, -0.25) is 4.90 Å². The summed E-state index contributed by atoms with van der Waals surface area (Å²) in [5.74, 6) is 0.758. The Labute approximate surface area is 124 Å². The van der Waals surface area contributed by atoms with E-state index >= 15 is 0 Å². The van der Waals surface area contributed by atoms with E-state index in [-0.39, 0.29) is 0 Å². The monoisotopic (exact) mass is 274 g/mol. The van der Waals surface area contributed by atoms with Crippen LogP contribution < -0.4 is 5.32 Å². The second-order valence-electron chi connectivity index (χ2n) is 6.41. The lowest BCUT2D eigenvalue weighted by Gasteiger charge is -2.29. The largest absolute Gasteiger partial charge is 0.312 e. The minimum absolute atomic E-state index is 0.645. The van der Waals surface area contributed by atoms with Crippen LogP contribution >= 0.6 is 0 Å². The van der Waals surface area contributed by atoms with Gasteiger partial charge in [0.1, 0.15) is 0 Å². The lowest BCUT2D eigenvalue weighted by molar-refractivity contribution is 0.230. The molecule has 2 unspecified atom stereocenters. The van der Waals surface area contributed by atoms with Crippen molar-refractivity contribution in [3.63, 3.8) is 0 Å². The predicted molar refractivity (Wildman–Crippen MR) is 87.1 cm³/mol. The fourth-order valence-electron chi connectivity index (χ4n) is 3.16. The molecular formula is C18H30N2. The van der Waals surface area contributed by atoms with Gasteiger partial charge >= 0.3 is 0 Å². The highest BCUT2D eigenvalue weighted by Crippen LogP contribution is 2.19. The summed E-state index contributed by atoms with van der Waals surface area (Å²) >= 11 is 0. The van der Waals surface area contributed by atoms with Crippen LogP contribution in [-0.2, 0) is 6.54 Å². The molecule has 112 valence electrons. The van der Waals surface area contributed by atoms with Crippen molar-refractivity contribution in [2.45, 2.75) is 53.1 Å². The van der Waals surface area contributed by atoms with E-state index < -0.39 is 0 Å². The average Bonchev–Trinajstić information content (AvgIpc) is 2.68. The summed E-state index contributed by atoms with van der Waals surface area (Å²) in [6.45, 7) is 13.8. The van der Waals surface area contributed by atoms with Crippen molar-refractivity contribution in [3.8, 4) is 0 Å². The molecule has 0 saturated carbocycles. The lowest BCUT2D eigenvalue weighted by Crippen LogP contribution is -2.41. The van der Waals surface area contributed by atoms with Crippen LogP contribution in [0, 0.1) is 19.8 Å². The van der Waals surface area contributed by atoms with Crippen molar-refractivity contribution in [3.05, 3.63) is 34.9 Å². The molecule has 0 bridgehead atoms. The zero-order chi connectivity index (χ0) is 14.5. The fraction of sp³-hybridized carbons (Fsp3) is 0.667. The molecule has 2 heteroatoms. The highest BCUT2D eigenvalue weighted by Gasteiger charge is 2.22. The zero-order valence-corrected chi connectivity index (χ0v) is 13.6. The van der Waals surface area contributed by atoms with Crippen LogP contribution in [0.4, 0.5) is 0 Å². The normalized spacial score (nSPS) is 22.5. The third-order valence-electron chi connectivity index (χ3n) is 4.87. The summed E-state index contributed by atoms with van der Waals surface area (Å²) < 4.78 is 0. The number of hydrogen-bond acceptors (Lipinski definition) is 2. The molecule has 0 radical (unpaired) electrons. The highest BCUT2D eigenvalue weighted by atomic mass is 15.2. The van der Waals surface area contributed by atoms with Gasteiger partial charge in [0.25, 0.3) is 0 Å². The molecule has 0 amide bonds. The third kappa shape index (κ3) is 3.83. The van der Waals surface area contributed by atoms with Gasteiger partial charge in [0, 0.05) is 19.1 Å². The summed E-state index contributed by atoms with van der Waals surface area (Å²) in [6.07, 6.45) is 2.52. The van der Waals surface area contributed by atoms with Gasteiger partial charge < -0.3 is 5.32 Å². The molecule has 1 heterocycles. The molecule has 2 rings (SSSR count). The molecule has 1 N–H and O–H groups in total. The van der Waals surface area contributed by atoms with E-state index in [1.807, 2.05) is 0 Å². The minimum atomic E-state index is 0.645. The Morgan fingerprint density at radius 3 is 2.65 bits per heavy atom. The highest BCUT2D eigenvalue weighted by molar-refractivity contribution is 5.33. The Bertz CT molecular complexity index is 407. The van der Waals surface area contributed by atoms with Gasteiger partial charge in [0.05, 0.1) is 0 Å². The molecule has 1 aliphatic rings. The van der Waals surface area contributed by atoms with Crippen molar-refractivity contribution in [2.24, 2.45) is 5.92 Å². The first-order valence-electron chi connectivity index (χ1n) is 8.12. The first kappa shape index (κ1) is 15.5.